The first-order valence-corrected chi connectivity index (χ1v) is 5.39. The standard InChI is InChI=1S/C6H10NO.K/c1-4-7-6(8)5(2)3;/h2-4H2,1H3,(H,7,8);. The van der Waals surface area contributed by atoms with Crippen molar-refractivity contribution < 1.29 is 4.79 Å². The molecule has 0 radical (unpaired) electrons. The normalized spacial score (nSPS) is 8.78. The Labute approximate surface area is 89.7 Å². The fraction of sp³-hybridized carbons (Fsp3) is 0.500. The van der Waals surface area contributed by atoms with Crippen LogP contribution in [0, 0.1) is 0 Å². The molecule has 0 unspecified atom stereocenters. The van der Waals surface area contributed by atoms with Crippen molar-refractivity contribution in [2.24, 2.45) is 0 Å². The summed E-state index contributed by atoms with van der Waals surface area (Å²) in [6, 6.07) is 0. The Balaban J connectivity index is 3.60. The van der Waals surface area contributed by atoms with Crippen LogP contribution in [0.4, 0.5) is 0 Å². The van der Waals surface area contributed by atoms with E-state index >= 15 is 0 Å². The summed E-state index contributed by atoms with van der Waals surface area (Å²) in [5.41, 5.74) is 0.733. The molecule has 0 bridgehead atoms. The van der Waals surface area contributed by atoms with Gasteiger partial charge in [-0.2, -0.15) is 0 Å². The molecule has 0 spiro atoms. The summed E-state index contributed by atoms with van der Waals surface area (Å²) in [6.07, 6.45) is 0. The summed E-state index contributed by atoms with van der Waals surface area (Å²) >= 11 is 0.704. The molecule has 0 fully saturated rings. The molecule has 46 valence electrons. The van der Waals surface area contributed by atoms with Gasteiger partial charge in [-0.25, -0.2) is 0 Å². The van der Waals surface area contributed by atoms with Crippen molar-refractivity contribution in [2.75, 3.05) is 6.54 Å². The van der Waals surface area contributed by atoms with E-state index in [2.05, 4.69) is 11.9 Å². The monoisotopic (exact) mass is 151 g/mol. The minimum absolute atomic E-state index is 0.0191. The van der Waals surface area contributed by atoms with Gasteiger partial charge in [-0.15, -0.1) is 0 Å². The second-order valence-electron chi connectivity index (χ2n) is 1.82. The molecular weight excluding hydrogens is 141 g/mol. The number of nitrogens with one attached hydrogen (secondary N) is 1. The first-order chi connectivity index (χ1) is 4.22. The van der Waals surface area contributed by atoms with E-state index in [1.807, 2.05) is 6.92 Å². The molecule has 9 heavy (non-hydrogen) atoms. The number of carbonyl (C=O) groups excluding carboxylic acids is 1. The summed E-state index contributed by atoms with van der Waals surface area (Å²) < 4.78 is 0.916. The van der Waals surface area contributed by atoms with E-state index in [-0.39, 0.29) is 5.91 Å². The summed E-state index contributed by atoms with van der Waals surface area (Å²) in [4.78, 5) is 10.8. The van der Waals surface area contributed by atoms with E-state index in [0.717, 1.165) is 6.09 Å². The second kappa shape index (κ2) is 5.62. The minimum atomic E-state index is 0.0191. The molecule has 1 N–H and O–H groups in total. The van der Waals surface area contributed by atoms with E-state index in [4.69, 9.17) is 0 Å². The van der Waals surface area contributed by atoms with Gasteiger partial charge >= 0.3 is 91.1 Å². The molecule has 1 amide bonds. The van der Waals surface area contributed by atoms with Crippen molar-refractivity contribution in [3.63, 3.8) is 0 Å². The molecule has 0 saturated carbocycles. The fourth-order valence-corrected chi connectivity index (χ4v) is 0.948. The molecule has 0 aromatic heterocycles. The van der Waals surface area contributed by atoms with Crippen molar-refractivity contribution in [2.45, 2.75) is 7.44 Å². The van der Waals surface area contributed by atoms with E-state index in [1.165, 1.54) is 0 Å². The van der Waals surface area contributed by atoms with E-state index in [9.17, 15) is 4.79 Å². The zero-order valence-corrected chi connectivity index (χ0v) is 9.15. The Kier molecular flexibility index (Phi) is 6.15. The van der Waals surface area contributed by atoms with Gasteiger partial charge in [0.25, 0.3) is 0 Å². The molecule has 0 saturated heterocycles. The molecule has 0 aromatic carbocycles. The number of carbonyl (C=O) groups is 1. The van der Waals surface area contributed by atoms with Crippen LogP contribution in [-0.2, 0) is 4.79 Å². The van der Waals surface area contributed by atoms with Crippen molar-refractivity contribution in [1.82, 2.24) is 5.32 Å². The Morgan fingerprint density at radius 3 is 2.67 bits per heavy atom. The molecular formula is C6H10KNO. The van der Waals surface area contributed by atoms with Gasteiger partial charge in [0, 0.05) is 0 Å². The Bertz CT molecular complexity index is 122. The van der Waals surface area contributed by atoms with Gasteiger partial charge in [0.15, 0.2) is 0 Å². The third-order valence-electron chi connectivity index (χ3n) is 1.09. The van der Waals surface area contributed by atoms with Crippen LogP contribution in [0.15, 0.2) is 12.2 Å². The van der Waals surface area contributed by atoms with Gasteiger partial charge in [-0.05, 0) is 0 Å². The van der Waals surface area contributed by atoms with Crippen molar-refractivity contribution in [3.8, 4) is 0 Å². The van der Waals surface area contributed by atoms with Gasteiger partial charge in [-0.3, -0.25) is 0 Å². The molecule has 0 atom stereocenters. The Morgan fingerprint density at radius 2 is 2.33 bits per heavy atom. The van der Waals surface area contributed by atoms with Crippen LogP contribution in [0.5, 0.6) is 0 Å². The molecule has 2 nitrogen and oxygen atoms in total. The van der Waals surface area contributed by atoms with Gasteiger partial charge in [0.05, 0.1) is 0 Å². The van der Waals surface area contributed by atoms with Gasteiger partial charge in [0.2, 0.25) is 0 Å². The molecule has 0 aliphatic rings. The Morgan fingerprint density at radius 1 is 1.78 bits per heavy atom. The summed E-state index contributed by atoms with van der Waals surface area (Å²) in [7, 11) is 0. The Hall–Kier alpha value is 0.846. The first-order valence-electron chi connectivity index (χ1n) is 3.18. The summed E-state index contributed by atoms with van der Waals surface area (Å²) in [5.74, 6) is 0.0191. The molecule has 0 aliphatic heterocycles. The van der Waals surface area contributed by atoms with Gasteiger partial charge < -0.3 is 0 Å². The fourth-order valence-electron chi connectivity index (χ4n) is 0.446. The maximum atomic E-state index is 10.8. The third-order valence-corrected chi connectivity index (χ3v) is 2.42. The van der Waals surface area contributed by atoms with E-state index < -0.39 is 0 Å². The molecule has 0 aliphatic carbocycles. The number of hydrogen-bond acceptors (Lipinski definition) is 1. The number of likely N-dealkylation sites (N-methyl/N-ethyl adjacent to an activating group) is 1. The zero-order chi connectivity index (χ0) is 7.28. The first kappa shape index (κ1) is 9.85. The topological polar surface area (TPSA) is 29.1 Å². The van der Waals surface area contributed by atoms with Crippen LogP contribution >= 0.6 is 0 Å². The quantitative estimate of drug-likeness (QED) is 0.455. The zero-order valence-electron chi connectivity index (χ0n) is 6.03. The van der Waals surface area contributed by atoms with E-state index in [0.29, 0.717) is 55.5 Å². The molecule has 0 heterocycles. The SMILES string of the molecule is C=C([CH2][K])C(=O)NCC. The van der Waals surface area contributed by atoms with Crippen molar-refractivity contribution in [3.05, 3.63) is 12.2 Å². The average Bonchev–Trinajstić information content (AvgIpc) is 1.87. The van der Waals surface area contributed by atoms with Crippen LogP contribution in [0.25, 0.3) is 0 Å². The van der Waals surface area contributed by atoms with E-state index in [1.54, 1.807) is 0 Å². The summed E-state index contributed by atoms with van der Waals surface area (Å²) in [6.45, 7) is 6.23. The number of rotatable bonds is 3. The third kappa shape index (κ3) is 4.28. The van der Waals surface area contributed by atoms with Crippen molar-refractivity contribution >= 4 is 54.9 Å². The van der Waals surface area contributed by atoms with Gasteiger partial charge in [-0.1, -0.05) is 0 Å². The molecule has 3 heteroatoms. The van der Waals surface area contributed by atoms with Gasteiger partial charge in [0.1, 0.15) is 0 Å². The average molecular weight is 151 g/mol. The molecule has 0 rings (SSSR count). The van der Waals surface area contributed by atoms with Crippen molar-refractivity contribution in [1.29, 1.82) is 0 Å². The van der Waals surface area contributed by atoms with Crippen LogP contribution < -0.4 is 5.32 Å². The molecule has 0 aromatic rings. The summed E-state index contributed by atoms with van der Waals surface area (Å²) in [5, 5.41) is 2.69. The second-order valence-corrected chi connectivity index (χ2v) is 2.92. The number of amides is 1. The predicted molar refractivity (Wildman–Crippen MR) is 38.4 cm³/mol. The van der Waals surface area contributed by atoms with Crippen LogP contribution in [-0.4, -0.2) is 61.4 Å². The predicted octanol–water partition coefficient (Wildman–Crippen LogP) is 0.265. The number of hydrogen-bond donors (Lipinski definition) is 1. The van der Waals surface area contributed by atoms with Crippen LogP contribution in [0.2, 0.25) is 0.515 Å². The van der Waals surface area contributed by atoms with Crippen LogP contribution in [0.3, 0.4) is 0 Å². The van der Waals surface area contributed by atoms with Crippen LogP contribution in [0.1, 0.15) is 6.92 Å². The maximum absolute atomic E-state index is 10.8.